The van der Waals surface area contributed by atoms with Crippen LogP contribution < -0.4 is 10.5 Å². The van der Waals surface area contributed by atoms with Gasteiger partial charge < -0.3 is 20.2 Å². The lowest BCUT2D eigenvalue weighted by Gasteiger charge is -2.03. The van der Waals surface area contributed by atoms with Crippen LogP contribution in [-0.2, 0) is 4.74 Å². The molecule has 0 radical (unpaired) electrons. The molecule has 0 aliphatic heterocycles. The van der Waals surface area contributed by atoms with Crippen molar-refractivity contribution in [1.29, 1.82) is 0 Å². The maximum Gasteiger partial charge on any atom is 0.342 e. The lowest BCUT2D eigenvalue weighted by Crippen LogP contribution is -2.03. The number of methoxy groups -OCH3 is 2. The average molecular weight is 299 g/mol. The smallest absolute Gasteiger partial charge is 0.342 e. The summed E-state index contributed by atoms with van der Waals surface area (Å²) in [5, 5.41) is 0.675. The first-order valence-corrected chi connectivity index (χ1v) is 5.60. The van der Waals surface area contributed by atoms with E-state index >= 15 is 0 Å². The number of carbonyl (C=O) groups is 1. The zero-order valence-corrected chi connectivity index (χ0v) is 10.9. The second kappa shape index (κ2) is 4.29. The van der Waals surface area contributed by atoms with Crippen molar-refractivity contribution in [3.05, 3.63) is 22.2 Å². The number of ether oxygens (including phenoxy) is 2. The van der Waals surface area contributed by atoms with Crippen LogP contribution >= 0.6 is 15.9 Å². The average Bonchev–Trinajstić information content (AvgIpc) is 2.62. The minimum Gasteiger partial charge on any atom is -0.496 e. The molecule has 1 heterocycles. The Bertz CT molecular complexity index is 592. The van der Waals surface area contributed by atoms with E-state index in [1.54, 1.807) is 19.2 Å². The summed E-state index contributed by atoms with van der Waals surface area (Å²) in [6, 6.07) is 3.54. The molecule has 0 atom stereocenters. The summed E-state index contributed by atoms with van der Waals surface area (Å²) in [6.07, 6.45) is 0. The van der Waals surface area contributed by atoms with Crippen LogP contribution in [0.4, 0.5) is 5.82 Å². The van der Waals surface area contributed by atoms with Gasteiger partial charge in [-0.3, -0.25) is 0 Å². The van der Waals surface area contributed by atoms with Crippen LogP contribution in [0.3, 0.4) is 0 Å². The maximum absolute atomic E-state index is 11.6. The summed E-state index contributed by atoms with van der Waals surface area (Å²) in [4.78, 5) is 14.5. The Morgan fingerprint density at radius 3 is 2.71 bits per heavy atom. The van der Waals surface area contributed by atoms with Crippen molar-refractivity contribution in [3.63, 3.8) is 0 Å². The number of nitrogen functional groups attached to an aromatic ring is 1. The molecule has 0 saturated carbocycles. The molecular formula is C11H11BrN2O3. The minimum absolute atomic E-state index is 0.284. The fourth-order valence-corrected chi connectivity index (χ4v) is 2.20. The Hall–Kier alpha value is -1.69. The second-order valence-corrected chi connectivity index (χ2v) is 4.29. The van der Waals surface area contributed by atoms with Crippen molar-refractivity contribution >= 4 is 38.6 Å². The third-order valence-electron chi connectivity index (χ3n) is 2.49. The zero-order chi connectivity index (χ0) is 12.6. The molecule has 0 unspecified atom stereocenters. The van der Waals surface area contributed by atoms with Crippen LogP contribution in [0.15, 0.2) is 16.6 Å². The first-order chi connectivity index (χ1) is 8.08. The number of benzene rings is 1. The number of hydrogen-bond donors (Lipinski definition) is 2. The number of H-pyrrole nitrogens is 1. The molecule has 1 aromatic carbocycles. The molecule has 0 fully saturated rings. The van der Waals surface area contributed by atoms with Crippen LogP contribution in [0.5, 0.6) is 5.75 Å². The Morgan fingerprint density at radius 1 is 1.41 bits per heavy atom. The highest BCUT2D eigenvalue weighted by atomic mass is 79.9. The standard InChI is InChI=1S/C11H11BrN2O3/c1-16-8-3-5-7(4-6(8)12)14-10(13)9(5)11(15)17-2/h3-4,14H,13H2,1-2H3. The summed E-state index contributed by atoms with van der Waals surface area (Å²) in [5.74, 6) is 0.437. The number of rotatable bonds is 2. The monoisotopic (exact) mass is 298 g/mol. The van der Waals surface area contributed by atoms with Crippen LogP contribution in [0.2, 0.25) is 0 Å². The third kappa shape index (κ3) is 1.84. The number of aromatic nitrogens is 1. The second-order valence-electron chi connectivity index (χ2n) is 3.44. The highest BCUT2D eigenvalue weighted by molar-refractivity contribution is 9.10. The maximum atomic E-state index is 11.6. The molecule has 2 rings (SSSR count). The van der Waals surface area contributed by atoms with Crippen molar-refractivity contribution in [1.82, 2.24) is 4.98 Å². The van der Waals surface area contributed by atoms with E-state index in [1.807, 2.05) is 0 Å². The lowest BCUT2D eigenvalue weighted by atomic mass is 10.1. The van der Waals surface area contributed by atoms with Gasteiger partial charge in [0.05, 0.1) is 18.7 Å². The number of carbonyl (C=O) groups excluding carboxylic acids is 1. The van der Waals surface area contributed by atoms with E-state index < -0.39 is 5.97 Å². The van der Waals surface area contributed by atoms with Gasteiger partial charge in [0.25, 0.3) is 0 Å². The van der Waals surface area contributed by atoms with Gasteiger partial charge in [-0.05, 0) is 28.1 Å². The minimum atomic E-state index is -0.474. The molecule has 90 valence electrons. The zero-order valence-electron chi connectivity index (χ0n) is 9.33. The molecule has 0 aliphatic carbocycles. The van der Waals surface area contributed by atoms with E-state index in [0.29, 0.717) is 16.7 Å². The Morgan fingerprint density at radius 2 is 2.12 bits per heavy atom. The lowest BCUT2D eigenvalue weighted by molar-refractivity contribution is 0.0604. The van der Waals surface area contributed by atoms with Gasteiger partial charge in [0.2, 0.25) is 0 Å². The molecule has 3 N–H and O–H groups in total. The molecule has 0 saturated heterocycles. The molecule has 0 amide bonds. The van der Waals surface area contributed by atoms with Crippen LogP contribution in [0, 0.1) is 0 Å². The number of nitrogens with one attached hydrogen (secondary N) is 1. The van der Waals surface area contributed by atoms with Gasteiger partial charge in [0.1, 0.15) is 17.1 Å². The van der Waals surface area contributed by atoms with E-state index in [0.717, 1.165) is 9.99 Å². The Balaban J connectivity index is 2.76. The van der Waals surface area contributed by atoms with E-state index in [4.69, 9.17) is 15.2 Å². The molecule has 17 heavy (non-hydrogen) atoms. The van der Waals surface area contributed by atoms with Gasteiger partial charge >= 0.3 is 5.97 Å². The fraction of sp³-hybridized carbons (Fsp3) is 0.182. The van der Waals surface area contributed by atoms with Crippen molar-refractivity contribution < 1.29 is 14.3 Å². The van der Waals surface area contributed by atoms with Gasteiger partial charge in [-0.15, -0.1) is 0 Å². The summed E-state index contributed by atoms with van der Waals surface area (Å²) in [7, 11) is 2.87. The predicted molar refractivity (Wildman–Crippen MR) is 68.3 cm³/mol. The van der Waals surface area contributed by atoms with Crippen LogP contribution in [0.25, 0.3) is 10.9 Å². The van der Waals surface area contributed by atoms with E-state index in [9.17, 15) is 4.79 Å². The summed E-state index contributed by atoms with van der Waals surface area (Å²) in [5.41, 5.74) is 6.83. The number of aromatic amines is 1. The highest BCUT2D eigenvalue weighted by Gasteiger charge is 2.18. The highest BCUT2D eigenvalue weighted by Crippen LogP contribution is 2.34. The van der Waals surface area contributed by atoms with Crippen molar-refractivity contribution in [2.45, 2.75) is 0 Å². The summed E-state index contributed by atoms with van der Waals surface area (Å²) >= 11 is 3.36. The SMILES string of the molecule is COC(=O)c1c(N)[nH]c2cc(Br)c(OC)cc12. The van der Waals surface area contributed by atoms with Crippen molar-refractivity contribution in [2.75, 3.05) is 20.0 Å². The molecule has 0 aliphatic rings. The topological polar surface area (TPSA) is 77.3 Å². The number of hydrogen-bond acceptors (Lipinski definition) is 4. The van der Waals surface area contributed by atoms with Gasteiger partial charge in [0, 0.05) is 10.9 Å². The number of esters is 1. The van der Waals surface area contributed by atoms with E-state index in [-0.39, 0.29) is 5.82 Å². The van der Waals surface area contributed by atoms with E-state index in [1.165, 1.54) is 7.11 Å². The summed E-state index contributed by atoms with van der Waals surface area (Å²) < 4.78 is 10.7. The first kappa shape index (κ1) is 11.8. The Labute approximate surface area is 106 Å². The molecular weight excluding hydrogens is 288 g/mol. The molecule has 6 heteroatoms. The summed E-state index contributed by atoms with van der Waals surface area (Å²) in [6.45, 7) is 0. The molecule has 0 bridgehead atoms. The van der Waals surface area contributed by atoms with Crippen molar-refractivity contribution in [2.24, 2.45) is 0 Å². The molecule has 5 nitrogen and oxygen atoms in total. The molecule has 0 spiro atoms. The first-order valence-electron chi connectivity index (χ1n) is 4.81. The van der Waals surface area contributed by atoms with Gasteiger partial charge in [-0.2, -0.15) is 0 Å². The van der Waals surface area contributed by atoms with Crippen LogP contribution in [0.1, 0.15) is 10.4 Å². The van der Waals surface area contributed by atoms with Gasteiger partial charge in [0.15, 0.2) is 0 Å². The third-order valence-corrected chi connectivity index (χ3v) is 3.11. The predicted octanol–water partition coefficient (Wildman–Crippen LogP) is 2.31. The van der Waals surface area contributed by atoms with Gasteiger partial charge in [-0.1, -0.05) is 0 Å². The largest absolute Gasteiger partial charge is 0.496 e. The normalized spacial score (nSPS) is 10.5. The quantitative estimate of drug-likeness (QED) is 0.834. The number of anilines is 1. The van der Waals surface area contributed by atoms with Gasteiger partial charge in [-0.25, -0.2) is 4.79 Å². The van der Waals surface area contributed by atoms with Crippen molar-refractivity contribution in [3.8, 4) is 5.75 Å². The fourth-order valence-electron chi connectivity index (χ4n) is 1.69. The Kier molecular flexibility index (Phi) is 2.97. The molecule has 2 aromatic rings. The number of fused-ring (bicyclic) bond motifs is 1. The van der Waals surface area contributed by atoms with E-state index in [2.05, 4.69) is 20.9 Å². The number of halogens is 1. The molecule has 1 aromatic heterocycles. The number of nitrogens with two attached hydrogens (primary N) is 1. The van der Waals surface area contributed by atoms with Crippen LogP contribution in [-0.4, -0.2) is 25.2 Å².